The van der Waals surface area contributed by atoms with Gasteiger partial charge < -0.3 is 10.1 Å². The molecule has 1 heterocycles. The van der Waals surface area contributed by atoms with Crippen molar-refractivity contribution in [2.75, 3.05) is 0 Å². The number of H-pyrrole nitrogens is 1. The summed E-state index contributed by atoms with van der Waals surface area (Å²) in [6, 6.07) is 8.13. The van der Waals surface area contributed by atoms with Crippen LogP contribution in [0.5, 0.6) is 0 Å². The number of aliphatic carboxylic acids is 1. The van der Waals surface area contributed by atoms with Crippen LogP contribution in [0.25, 0.3) is 17.0 Å². The Kier molecular flexibility index (Phi) is 3.82. The highest BCUT2D eigenvalue weighted by Crippen LogP contribution is 2.19. The largest absolute Gasteiger partial charge is 0.481 e. The average molecular weight is 243 g/mol. The number of carboxylic acids is 1. The van der Waals surface area contributed by atoms with Gasteiger partial charge in [-0.1, -0.05) is 37.3 Å². The van der Waals surface area contributed by atoms with Gasteiger partial charge in [0.2, 0.25) is 0 Å². The number of rotatable bonds is 5. The normalized spacial score (nSPS) is 13.2. The maximum absolute atomic E-state index is 10.7. The summed E-state index contributed by atoms with van der Waals surface area (Å²) in [6.45, 7) is 1.74. The second kappa shape index (κ2) is 5.54. The quantitative estimate of drug-likeness (QED) is 0.841. The van der Waals surface area contributed by atoms with E-state index < -0.39 is 5.97 Å². The maximum atomic E-state index is 10.7. The molecule has 1 atom stereocenters. The minimum atomic E-state index is -0.726. The van der Waals surface area contributed by atoms with Crippen LogP contribution in [0.4, 0.5) is 0 Å². The molecule has 0 radical (unpaired) electrons. The lowest BCUT2D eigenvalue weighted by Gasteiger charge is -2.01. The molecule has 1 aromatic heterocycles. The number of hydrogen-bond donors (Lipinski definition) is 2. The van der Waals surface area contributed by atoms with Crippen molar-refractivity contribution in [2.45, 2.75) is 19.8 Å². The topological polar surface area (TPSA) is 53.1 Å². The lowest BCUT2D eigenvalue weighted by molar-refractivity contribution is -0.141. The molecule has 94 valence electrons. The molecule has 0 saturated heterocycles. The van der Waals surface area contributed by atoms with Gasteiger partial charge in [-0.3, -0.25) is 4.79 Å². The maximum Gasteiger partial charge on any atom is 0.306 e. The summed E-state index contributed by atoms with van der Waals surface area (Å²) >= 11 is 0. The van der Waals surface area contributed by atoms with Crippen molar-refractivity contribution in [1.29, 1.82) is 0 Å². The van der Waals surface area contributed by atoms with Crippen molar-refractivity contribution in [3.05, 3.63) is 42.1 Å². The van der Waals surface area contributed by atoms with E-state index in [2.05, 4.69) is 11.1 Å². The Labute approximate surface area is 106 Å². The van der Waals surface area contributed by atoms with Crippen molar-refractivity contribution >= 4 is 22.9 Å². The third kappa shape index (κ3) is 2.80. The minimum absolute atomic E-state index is 0.280. The number of aromatic nitrogens is 1. The van der Waals surface area contributed by atoms with E-state index in [1.54, 1.807) is 6.92 Å². The molecule has 0 aliphatic carbocycles. The fourth-order valence-electron chi connectivity index (χ4n) is 1.91. The zero-order valence-corrected chi connectivity index (χ0v) is 10.4. The molecule has 0 amide bonds. The molecule has 0 bridgehead atoms. The van der Waals surface area contributed by atoms with Crippen molar-refractivity contribution < 1.29 is 9.90 Å². The number of fused-ring (bicyclic) bond motifs is 1. The molecule has 3 nitrogen and oxygen atoms in total. The summed E-state index contributed by atoms with van der Waals surface area (Å²) in [5.74, 6) is -1.01. The molecule has 0 spiro atoms. The Bertz CT molecular complexity index is 569. The second-order valence-corrected chi connectivity index (χ2v) is 4.51. The fraction of sp³-hybridized carbons (Fsp3) is 0.267. The summed E-state index contributed by atoms with van der Waals surface area (Å²) < 4.78 is 0. The van der Waals surface area contributed by atoms with E-state index >= 15 is 0 Å². The van der Waals surface area contributed by atoms with Crippen LogP contribution < -0.4 is 0 Å². The molecule has 0 saturated carbocycles. The lowest BCUT2D eigenvalue weighted by atomic mass is 10.1. The van der Waals surface area contributed by atoms with Crippen LogP contribution in [-0.4, -0.2) is 16.1 Å². The Balaban J connectivity index is 1.99. The lowest BCUT2D eigenvalue weighted by Crippen LogP contribution is -2.08. The molecule has 3 heteroatoms. The molecule has 2 N–H and O–H groups in total. The molecule has 0 fully saturated rings. The summed E-state index contributed by atoms with van der Waals surface area (Å²) in [7, 11) is 0. The molecular formula is C15H17NO2. The van der Waals surface area contributed by atoms with Gasteiger partial charge in [0.05, 0.1) is 5.92 Å². The second-order valence-electron chi connectivity index (χ2n) is 4.51. The highest BCUT2D eigenvalue weighted by atomic mass is 16.4. The van der Waals surface area contributed by atoms with Gasteiger partial charge in [0.15, 0.2) is 0 Å². The molecule has 2 rings (SSSR count). The van der Waals surface area contributed by atoms with E-state index in [0.717, 1.165) is 17.5 Å². The van der Waals surface area contributed by atoms with Crippen molar-refractivity contribution in [1.82, 2.24) is 4.98 Å². The van der Waals surface area contributed by atoms with Crippen LogP contribution in [0.3, 0.4) is 0 Å². The zero-order chi connectivity index (χ0) is 13.0. The molecule has 0 aliphatic heterocycles. The number of carbonyl (C=O) groups is 1. The standard InChI is InChI=1S/C15H17NO2/c1-11(15(17)18)6-2-3-7-12-10-16-14-9-5-4-8-13(12)14/h3-5,7-11,16H,2,6H2,1H3,(H,17,18)/b7-3+. The van der Waals surface area contributed by atoms with E-state index in [9.17, 15) is 4.79 Å². The Morgan fingerprint density at radius 2 is 2.22 bits per heavy atom. The monoisotopic (exact) mass is 243 g/mol. The van der Waals surface area contributed by atoms with E-state index in [1.807, 2.05) is 36.5 Å². The molecule has 1 aromatic carbocycles. The molecule has 18 heavy (non-hydrogen) atoms. The van der Waals surface area contributed by atoms with Crippen LogP contribution in [-0.2, 0) is 4.79 Å². The van der Waals surface area contributed by atoms with Gasteiger partial charge in [-0.05, 0) is 24.5 Å². The number of nitrogens with one attached hydrogen (secondary N) is 1. The summed E-state index contributed by atoms with van der Waals surface area (Å²) in [4.78, 5) is 13.9. The molecule has 2 aromatic rings. The highest BCUT2D eigenvalue weighted by molar-refractivity contribution is 5.88. The summed E-state index contributed by atoms with van der Waals surface area (Å²) in [5, 5.41) is 9.97. The Morgan fingerprint density at radius 1 is 1.44 bits per heavy atom. The number of aromatic amines is 1. The van der Waals surface area contributed by atoms with Crippen LogP contribution >= 0.6 is 0 Å². The van der Waals surface area contributed by atoms with E-state index in [4.69, 9.17) is 5.11 Å². The van der Waals surface area contributed by atoms with Crippen LogP contribution in [0.15, 0.2) is 36.5 Å². The molecule has 1 unspecified atom stereocenters. The molecule has 0 aliphatic rings. The van der Waals surface area contributed by atoms with Crippen LogP contribution in [0.2, 0.25) is 0 Å². The smallest absolute Gasteiger partial charge is 0.306 e. The zero-order valence-electron chi connectivity index (χ0n) is 10.4. The van der Waals surface area contributed by atoms with Crippen molar-refractivity contribution in [3.63, 3.8) is 0 Å². The Hall–Kier alpha value is -2.03. The first-order valence-electron chi connectivity index (χ1n) is 6.14. The van der Waals surface area contributed by atoms with E-state index in [0.29, 0.717) is 6.42 Å². The molecular weight excluding hydrogens is 226 g/mol. The summed E-state index contributed by atoms with van der Waals surface area (Å²) in [6.07, 6.45) is 7.52. The highest BCUT2D eigenvalue weighted by Gasteiger charge is 2.08. The first kappa shape index (κ1) is 12.4. The minimum Gasteiger partial charge on any atom is -0.481 e. The number of hydrogen-bond acceptors (Lipinski definition) is 1. The predicted octanol–water partition coefficient (Wildman–Crippen LogP) is 3.68. The average Bonchev–Trinajstić information content (AvgIpc) is 2.77. The third-order valence-electron chi connectivity index (χ3n) is 3.11. The van der Waals surface area contributed by atoms with Gasteiger partial charge in [0, 0.05) is 17.1 Å². The third-order valence-corrected chi connectivity index (χ3v) is 3.11. The van der Waals surface area contributed by atoms with E-state index in [-0.39, 0.29) is 5.92 Å². The number of allylic oxidation sites excluding steroid dienone is 1. The first-order valence-corrected chi connectivity index (χ1v) is 6.14. The van der Waals surface area contributed by atoms with Crippen LogP contribution in [0.1, 0.15) is 25.3 Å². The van der Waals surface area contributed by atoms with Gasteiger partial charge >= 0.3 is 5.97 Å². The number of benzene rings is 1. The summed E-state index contributed by atoms with van der Waals surface area (Å²) in [5.41, 5.74) is 2.27. The first-order chi connectivity index (χ1) is 8.68. The van der Waals surface area contributed by atoms with Crippen molar-refractivity contribution in [3.8, 4) is 0 Å². The van der Waals surface area contributed by atoms with Gasteiger partial charge in [-0.2, -0.15) is 0 Å². The van der Waals surface area contributed by atoms with E-state index in [1.165, 1.54) is 5.39 Å². The number of para-hydroxylation sites is 1. The van der Waals surface area contributed by atoms with Gasteiger partial charge in [0.1, 0.15) is 0 Å². The van der Waals surface area contributed by atoms with Gasteiger partial charge in [0.25, 0.3) is 0 Å². The van der Waals surface area contributed by atoms with Crippen LogP contribution in [0, 0.1) is 5.92 Å². The van der Waals surface area contributed by atoms with Gasteiger partial charge in [-0.25, -0.2) is 0 Å². The SMILES string of the molecule is CC(CC/C=C/c1c[nH]c2ccccc12)C(=O)O. The predicted molar refractivity (Wildman–Crippen MR) is 73.4 cm³/mol. The fourth-order valence-corrected chi connectivity index (χ4v) is 1.91. The number of carboxylic acid groups (broad SMARTS) is 1. The van der Waals surface area contributed by atoms with Gasteiger partial charge in [-0.15, -0.1) is 0 Å². The Morgan fingerprint density at radius 3 is 3.00 bits per heavy atom. The van der Waals surface area contributed by atoms with Crippen molar-refractivity contribution in [2.24, 2.45) is 5.92 Å².